The van der Waals surface area contributed by atoms with Crippen LogP contribution in [0.15, 0.2) is 0 Å². The van der Waals surface area contributed by atoms with Gasteiger partial charge in [0, 0.05) is 19.4 Å². The minimum Gasteiger partial charge on any atom is -0.466 e. The molecule has 0 heterocycles. The second-order valence-electron chi connectivity index (χ2n) is 4.06. The quantitative estimate of drug-likeness (QED) is 0.738. The Hall–Kier alpha value is -0.710. The molecule has 0 spiro atoms. The van der Waals surface area contributed by atoms with E-state index in [1.807, 2.05) is 0 Å². The van der Waals surface area contributed by atoms with Gasteiger partial charge in [0.05, 0.1) is 12.0 Å². The summed E-state index contributed by atoms with van der Waals surface area (Å²) >= 11 is 0. The summed E-state index contributed by atoms with van der Waals surface area (Å²) in [6.45, 7) is 2.04. The first-order valence-corrected chi connectivity index (χ1v) is 5.21. The molecule has 5 heteroatoms. The van der Waals surface area contributed by atoms with Crippen LogP contribution in [-0.2, 0) is 9.53 Å². The molecule has 1 saturated carbocycles. The number of esters is 1. The largest absolute Gasteiger partial charge is 0.466 e. The van der Waals surface area contributed by atoms with Gasteiger partial charge in [-0.25, -0.2) is 8.78 Å². The highest BCUT2D eigenvalue weighted by Crippen LogP contribution is 2.43. The van der Waals surface area contributed by atoms with Gasteiger partial charge in [0.1, 0.15) is 0 Å². The molecule has 1 rings (SSSR count). The topological polar surface area (TPSA) is 52.3 Å². The van der Waals surface area contributed by atoms with Gasteiger partial charge in [0.25, 0.3) is 0 Å². The van der Waals surface area contributed by atoms with Crippen molar-refractivity contribution in [3.05, 3.63) is 0 Å². The maximum atomic E-state index is 12.9. The summed E-state index contributed by atoms with van der Waals surface area (Å²) < 4.78 is 30.8. The highest BCUT2D eigenvalue weighted by Gasteiger charge is 2.47. The van der Waals surface area contributed by atoms with E-state index in [0.717, 1.165) is 0 Å². The van der Waals surface area contributed by atoms with Crippen molar-refractivity contribution in [2.24, 2.45) is 11.1 Å². The fourth-order valence-electron chi connectivity index (χ4n) is 1.87. The monoisotopic (exact) mass is 221 g/mol. The third kappa shape index (κ3) is 2.65. The minimum atomic E-state index is -2.65. The summed E-state index contributed by atoms with van der Waals surface area (Å²) in [6, 6.07) is 0. The molecular weight excluding hydrogens is 204 g/mol. The summed E-state index contributed by atoms with van der Waals surface area (Å²) in [6.07, 6.45) is -0.309. The second-order valence-corrected chi connectivity index (χ2v) is 4.06. The van der Waals surface area contributed by atoms with Gasteiger partial charge in [-0.1, -0.05) is 0 Å². The van der Waals surface area contributed by atoms with E-state index in [0.29, 0.717) is 0 Å². The third-order valence-electron chi connectivity index (χ3n) is 3.04. The molecule has 0 radical (unpaired) electrons. The molecule has 15 heavy (non-hydrogen) atoms. The van der Waals surface area contributed by atoms with Crippen molar-refractivity contribution < 1.29 is 18.3 Å². The van der Waals surface area contributed by atoms with E-state index >= 15 is 0 Å². The number of rotatable bonds is 3. The summed E-state index contributed by atoms with van der Waals surface area (Å²) in [4.78, 5) is 11.6. The zero-order chi connectivity index (χ0) is 11.5. The smallest absolute Gasteiger partial charge is 0.313 e. The molecule has 1 fully saturated rings. The molecule has 0 amide bonds. The number of hydrogen-bond donors (Lipinski definition) is 1. The first kappa shape index (κ1) is 12.4. The normalized spacial score (nSPS) is 23.5. The summed E-state index contributed by atoms with van der Waals surface area (Å²) in [5.74, 6) is -3.08. The lowest BCUT2D eigenvalue weighted by Crippen LogP contribution is -2.45. The van der Waals surface area contributed by atoms with Crippen LogP contribution in [0, 0.1) is 5.41 Å². The number of carbonyl (C=O) groups excluding carboxylic acids is 1. The van der Waals surface area contributed by atoms with Crippen molar-refractivity contribution >= 4 is 5.97 Å². The standard InChI is InChI=1S/C10H17F2NO2/c1-2-15-8(14)9(7-13)3-5-10(11,12)6-4-9/h2-7,13H2,1H3. The number of ether oxygens (including phenoxy) is 1. The van der Waals surface area contributed by atoms with Crippen molar-refractivity contribution in [2.75, 3.05) is 13.2 Å². The number of alkyl halides is 2. The van der Waals surface area contributed by atoms with Gasteiger partial charge >= 0.3 is 5.97 Å². The van der Waals surface area contributed by atoms with Crippen LogP contribution in [0.5, 0.6) is 0 Å². The van der Waals surface area contributed by atoms with Crippen LogP contribution in [-0.4, -0.2) is 25.0 Å². The predicted molar refractivity (Wildman–Crippen MR) is 51.5 cm³/mol. The van der Waals surface area contributed by atoms with Gasteiger partial charge in [-0.05, 0) is 19.8 Å². The molecular formula is C10H17F2NO2. The molecule has 0 atom stereocenters. The molecule has 0 aromatic rings. The van der Waals surface area contributed by atoms with Gasteiger partial charge in [-0.2, -0.15) is 0 Å². The van der Waals surface area contributed by atoms with Crippen molar-refractivity contribution in [3.8, 4) is 0 Å². The van der Waals surface area contributed by atoms with E-state index in [9.17, 15) is 13.6 Å². The lowest BCUT2D eigenvalue weighted by atomic mass is 9.73. The molecule has 0 aromatic heterocycles. The Kier molecular flexibility index (Phi) is 3.65. The summed E-state index contributed by atoms with van der Waals surface area (Å²) in [5, 5.41) is 0. The molecule has 88 valence electrons. The Morgan fingerprint density at radius 2 is 1.87 bits per heavy atom. The van der Waals surface area contributed by atoms with Gasteiger partial charge in [-0.15, -0.1) is 0 Å². The maximum Gasteiger partial charge on any atom is 0.313 e. The van der Waals surface area contributed by atoms with Crippen LogP contribution in [0.4, 0.5) is 8.78 Å². The molecule has 3 nitrogen and oxygen atoms in total. The highest BCUT2D eigenvalue weighted by molar-refractivity contribution is 5.77. The Morgan fingerprint density at radius 1 is 1.33 bits per heavy atom. The molecule has 1 aliphatic carbocycles. The van der Waals surface area contributed by atoms with Crippen molar-refractivity contribution in [2.45, 2.75) is 38.5 Å². The molecule has 0 aromatic carbocycles. The van der Waals surface area contributed by atoms with Crippen molar-refractivity contribution in [1.29, 1.82) is 0 Å². The molecule has 0 saturated heterocycles. The predicted octanol–water partition coefficient (Wildman–Crippen LogP) is 1.70. The number of halogens is 2. The fraction of sp³-hybridized carbons (Fsp3) is 0.900. The highest BCUT2D eigenvalue weighted by atomic mass is 19.3. The zero-order valence-corrected chi connectivity index (χ0v) is 8.89. The van der Waals surface area contributed by atoms with Gasteiger partial charge in [-0.3, -0.25) is 4.79 Å². The van der Waals surface area contributed by atoms with E-state index in [4.69, 9.17) is 10.5 Å². The molecule has 2 N–H and O–H groups in total. The van der Waals surface area contributed by atoms with Gasteiger partial charge in [0.2, 0.25) is 5.92 Å². The van der Waals surface area contributed by atoms with Gasteiger partial charge < -0.3 is 10.5 Å². The Balaban J connectivity index is 2.68. The van der Waals surface area contributed by atoms with Crippen LogP contribution in [0.3, 0.4) is 0 Å². The van der Waals surface area contributed by atoms with Crippen LogP contribution in [0.1, 0.15) is 32.6 Å². The van der Waals surface area contributed by atoms with Crippen molar-refractivity contribution in [3.63, 3.8) is 0 Å². The molecule has 0 unspecified atom stereocenters. The van der Waals surface area contributed by atoms with Crippen LogP contribution in [0.2, 0.25) is 0 Å². The number of hydrogen-bond acceptors (Lipinski definition) is 3. The Labute approximate surface area is 88.0 Å². The van der Waals surface area contributed by atoms with E-state index in [1.165, 1.54) is 0 Å². The van der Waals surface area contributed by atoms with E-state index in [2.05, 4.69) is 0 Å². The lowest BCUT2D eigenvalue weighted by Gasteiger charge is -2.36. The Bertz CT molecular complexity index is 234. The molecule has 1 aliphatic rings. The second kappa shape index (κ2) is 4.43. The average Bonchev–Trinajstić information content (AvgIpc) is 2.19. The summed E-state index contributed by atoms with van der Waals surface area (Å²) in [7, 11) is 0. The third-order valence-corrected chi connectivity index (χ3v) is 3.04. The summed E-state index contributed by atoms with van der Waals surface area (Å²) in [5.41, 5.74) is 4.63. The SMILES string of the molecule is CCOC(=O)C1(CN)CCC(F)(F)CC1. The number of carbonyl (C=O) groups is 1. The zero-order valence-electron chi connectivity index (χ0n) is 8.89. The average molecular weight is 221 g/mol. The van der Waals surface area contributed by atoms with E-state index < -0.39 is 17.3 Å². The molecule has 0 aliphatic heterocycles. The minimum absolute atomic E-state index is 0.0852. The Morgan fingerprint density at radius 3 is 2.27 bits per heavy atom. The van der Waals surface area contributed by atoms with Gasteiger partial charge in [0.15, 0.2) is 0 Å². The molecule has 0 bridgehead atoms. The maximum absolute atomic E-state index is 12.9. The fourth-order valence-corrected chi connectivity index (χ4v) is 1.87. The van der Waals surface area contributed by atoms with Crippen LogP contribution < -0.4 is 5.73 Å². The van der Waals surface area contributed by atoms with E-state index in [-0.39, 0.29) is 38.8 Å². The first-order chi connectivity index (χ1) is 6.96. The first-order valence-electron chi connectivity index (χ1n) is 5.21. The lowest BCUT2D eigenvalue weighted by molar-refractivity contribution is -0.162. The number of nitrogens with two attached hydrogens (primary N) is 1. The van der Waals surface area contributed by atoms with Crippen LogP contribution >= 0.6 is 0 Å². The van der Waals surface area contributed by atoms with Crippen LogP contribution in [0.25, 0.3) is 0 Å². The van der Waals surface area contributed by atoms with E-state index in [1.54, 1.807) is 6.92 Å². The van der Waals surface area contributed by atoms with Crippen molar-refractivity contribution in [1.82, 2.24) is 0 Å².